The molecule has 0 saturated carbocycles. The smallest absolute Gasteiger partial charge is 0.246 e. The summed E-state index contributed by atoms with van der Waals surface area (Å²) in [4.78, 5) is 14.2. The fourth-order valence-corrected chi connectivity index (χ4v) is 2.93. The SMILES string of the molecule is Cc1ccc(NCC(=O)N2CCc3ccccc32)c(Cl)c1. The first-order valence-corrected chi connectivity index (χ1v) is 7.41. The minimum atomic E-state index is 0.0663. The van der Waals surface area contributed by atoms with E-state index < -0.39 is 0 Å². The summed E-state index contributed by atoms with van der Waals surface area (Å²) in [5, 5.41) is 3.77. The second-order valence-corrected chi connectivity index (χ2v) is 5.67. The number of carbonyl (C=O) groups excluding carboxylic acids is 1. The molecule has 0 unspecified atom stereocenters. The second-order valence-electron chi connectivity index (χ2n) is 5.26. The number of amides is 1. The van der Waals surface area contributed by atoms with Gasteiger partial charge in [-0.25, -0.2) is 0 Å². The zero-order valence-electron chi connectivity index (χ0n) is 11.9. The van der Waals surface area contributed by atoms with E-state index in [1.54, 1.807) is 0 Å². The largest absolute Gasteiger partial charge is 0.375 e. The third-order valence-corrected chi connectivity index (χ3v) is 4.06. The zero-order valence-corrected chi connectivity index (χ0v) is 12.7. The standard InChI is InChI=1S/C17H17ClN2O/c1-12-6-7-15(14(18)10-12)19-11-17(21)20-9-8-13-4-2-3-5-16(13)20/h2-7,10,19H,8-9,11H2,1H3. The summed E-state index contributed by atoms with van der Waals surface area (Å²) < 4.78 is 0. The van der Waals surface area contributed by atoms with Crippen molar-refractivity contribution in [2.75, 3.05) is 23.3 Å². The van der Waals surface area contributed by atoms with E-state index in [1.165, 1.54) is 5.56 Å². The first-order chi connectivity index (χ1) is 10.1. The highest BCUT2D eigenvalue weighted by Crippen LogP contribution is 2.28. The Bertz CT molecular complexity index is 684. The molecule has 2 aromatic rings. The Kier molecular flexibility index (Phi) is 3.84. The monoisotopic (exact) mass is 300 g/mol. The van der Waals surface area contributed by atoms with Crippen LogP contribution in [0.3, 0.4) is 0 Å². The van der Waals surface area contributed by atoms with Crippen molar-refractivity contribution in [1.82, 2.24) is 0 Å². The third kappa shape index (κ3) is 2.88. The van der Waals surface area contributed by atoms with E-state index in [4.69, 9.17) is 11.6 Å². The summed E-state index contributed by atoms with van der Waals surface area (Å²) in [6.45, 7) is 2.99. The van der Waals surface area contributed by atoms with E-state index in [1.807, 2.05) is 48.2 Å². The number of nitrogens with one attached hydrogen (secondary N) is 1. The lowest BCUT2D eigenvalue weighted by atomic mass is 10.2. The van der Waals surface area contributed by atoms with E-state index in [-0.39, 0.29) is 12.5 Å². The Balaban J connectivity index is 1.68. The number of halogens is 1. The molecule has 1 amide bonds. The number of hydrogen-bond donors (Lipinski definition) is 1. The van der Waals surface area contributed by atoms with Gasteiger partial charge in [0, 0.05) is 12.2 Å². The van der Waals surface area contributed by atoms with Gasteiger partial charge in [0.15, 0.2) is 0 Å². The number of para-hydroxylation sites is 1. The fraction of sp³-hybridized carbons (Fsp3) is 0.235. The molecular weight excluding hydrogens is 284 g/mol. The van der Waals surface area contributed by atoms with Gasteiger partial charge in [-0.1, -0.05) is 35.9 Å². The van der Waals surface area contributed by atoms with E-state index in [0.29, 0.717) is 5.02 Å². The molecule has 1 N–H and O–H groups in total. The number of anilines is 2. The van der Waals surface area contributed by atoms with E-state index >= 15 is 0 Å². The summed E-state index contributed by atoms with van der Waals surface area (Å²) in [5.74, 6) is 0.0663. The maximum atomic E-state index is 12.4. The van der Waals surface area contributed by atoms with E-state index in [0.717, 1.165) is 29.9 Å². The van der Waals surface area contributed by atoms with Gasteiger partial charge in [0.05, 0.1) is 17.3 Å². The van der Waals surface area contributed by atoms with Crippen LogP contribution in [0.25, 0.3) is 0 Å². The van der Waals surface area contributed by atoms with Crippen LogP contribution in [0.1, 0.15) is 11.1 Å². The molecule has 1 heterocycles. The number of fused-ring (bicyclic) bond motifs is 1. The molecule has 0 spiro atoms. The second kappa shape index (κ2) is 5.78. The van der Waals surface area contributed by atoms with Gasteiger partial charge < -0.3 is 10.2 Å². The van der Waals surface area contributed by atoms with Crippen molar-refractivity contribution >= 4 is 28.9 Å². The first-order valence-electron chi connectivity index (χ1n) is 7.03. The molecule has 0 aliphatic carbocycles. The number of benzene rings is 2. The van der Waals surface area contributed by atoms with E-state index in [2.05, 4.69) is 11.4 Å². The molecule has 1 aliphatic rings. The molecule has 0 radical (unpaired) electrons. The van der Waals surface area contributed by atoms with Crippen molar-refractivity contribution in [3.05, 3.63) is 58.6 Å². The average molecular weight is 301 g/mol. The van der Waals surface area contributed by atoms with Crippen molar-refractivity contribution in [1.29, 1.82) is 0 Å². The van der Waals surface area contributed by atoms with Crippen LogP contribution in [-0.2, 0) is 11.2 Å². The fourth-order valence-electron chi connectivity index (χ4n) is 2.63. The molecule has 0 aromatic heterocycles. The predicted octanol–water partition coefficient (Wildman–Crippen LogP) is 3.65. The molecule has 108 valence electrons. The minimum Gasteiger partial charge on any atom is -0.375 e. The molecule has 2 aromatic carbocycles. The van der Waals surface area contributed by atoms with Gasteiger partial charge in [-0.3, -0.25) is 4.79 Å². The van der Waals surface area contributed by atoms with Crippen LogP contribution in [0.2, 0.25) is 5.02 Å². The molecule has 21 heavy (non-hydrogen) atoms. The predicted molar refractivity (Wildman–Crippen MR) is 87.2 cm³/mol. The van der Waals surface area contributed by atoms with Crippen LogP contribution < -0.4 is 10.2 Å². The van der Waals surface area contributed by atoms with Gasteiger partial charge in [-0.05, 0) is 42.7 Å². The van der Waals surface area contributed by atoms with Crippen molar-refractivity contribution in [2.45, 2.75) is 13.3 Å². The summed E-state index contributed by atoms with van der Waals surface area (Å²) >= 11 is 6.17. The summed E-state index contributed by atoms with van der Waals surface area (Å²) in [6, 6.07) is 13.8. The van der Waals surface area contributed by atoms with Crippen LogP contribution >= 0.6 is 11.6 Å². The highest BCUT2D eigenvalue weighted by atomic mass is 35.5. The van der Waals surface area contributed by atoms with Crippen LogP contribution in [0.4, 0.5) is 11.4 Å². The molecule has 3 nitrogen and oxygen atoms in total. The minimum absolute atomic E-state index is 0.0663. The molecule has 0 saturated heterocycles. The maximum absolute atomic E-state index is 12.4. The van der Waals surface area contributed by atoms with Crippen molar-refractivity contribution < 1.29 is 4.79 Å². The van der Waals surface area contributed by atoms with Gasteiger partial charge in [-0.2, -0.15) is 0 Å². The molecule has 0 fully saturated rings. The lowest BCUT2D eigenvalue weighted by Crippen LogP contribution is -2.34. The summed E-state index contributed by atoms with van der Waals surface area (Å²) in [7, 11) is 0. The first kappa shape index (κ1) is 14.0. The number of hydrogen-bond acceptors (Lipinski definition) is 2. The lowest BCUT2D eigenvalue weighted by molar-refractivity contribution is -0.116. The Hall–Kier alpha value is -2.00. The average Bonchev–Trinajstić information content (AvgIpc) is 2.90. The Morgan fingerprint density at radius 3 is 2.90 bits per heavy atom. The molecule has 1 aliphatic heterocycles. The zero-order chi connectivity index (χ0) is 14.8. The van der Waals surface area contributed by atoms with Gasteiger partial charge >= 0.3 is 0 Å². The van der Waals surface area contributed by atoms with Crippen LogP contribution in [-0.4, -0.2) is 19.0 Å². The normalized spacial score (nSPS) is 13.1. The van der Waals surface area contributed by atoms with Crippen molar-refractivity contribution in [3.63, 3.8) is 0 Å². The van der Waals surface area contributed by atoms with Gasteiger partial charge in [-0.15, -0.1) is 0 Å². The number of rotatable bonds is 3. The molecular formula is C17H17ClN2O. The summed E-state index contributed by atoms with van der Waals surface area (Å²) in [5.41, 5.74) is 4.16. The van der Waals surface area contributed by atoms with Crippen molar-refractivity contribution in [2.24, 2.45) is 0 Å². The topological polar surface area (TPSA) is 32.3 Å². The Labute approximate surface area is 129 Å². The van der Waals surface area contributed by atoms with Crippen LogP contribution in [0, 0.1) is 6.92 Å². The molecule has 4 heteroatoms. The molecule has 0 bridgehead atoms. The number of nitrogens with zero attached hydrogens (tertiary/aromatic N) is 1. The van der Waals surface area contributed by atoms with Crippen LogP contribution in [0.15, 0.2) is 42.5 Å². The van der Waals surface area contributed by atoms with Crippen molar-refractivity contribution in [3.8, 4) is 0 Å². The highest BCUT2D eigenvalue weighted by Gasteiger charge is 2.23. The maximum Gasteiger partial charge on any atom is 0.246 e. The van der Waals surface area contributed by atoms with E-state index in [9.17, 15) is 4.79 Å². The van der Waals surface area contributed by atoms with Gasteiger partial charge in [0.1, 0.15) is 0 Å². The van der Waals surface area contributed by atoms with Gasteiger partial charge in [0.2, 0.25) is 5.91 Å². The summed E-state index contributed by atoms with van der Waals surface area (Å²) in [6.07, 6.45) is 0.924. The molecule has 3 rings (SSSR count). The number of carbonyl (C=O) groups is 1. The Morgan fingerprint density at radius 1 is 1.29 bits per heavy atom. The highest BCUT2D eigenvalue weighted by molar-refractivity contribution is 6.33. The third-order valence-electron chi connectivity index (χ3n) is 3.74. The Morgan fingerprint density at radius 2 is 2.10 bits per heavy atom. The van der Waals surface area contributed by atoms with Crippen LogP contribution in [0.5, 0.6) is 0 Å². The molecule has 0 atom stereocenters. The van der Waals surface area contributed by atoms with Gasteiger partial charge in [0.25, 0.3) is 0 Å². The quantitative estimate of drug-likeness (QED) is 0.938. The number of aryl methyl sites for hydroxylation is 1. The lowest BCUT2D eigenvalue weighted by Gasteiger charge is -2.18.